The SMILES string of the molecule is O=C(O)c1ccc(N2C[C@H]3C[C@@H](C2)c2cccc(=O)n2C3)c(NS(=O)(=O)c2cccc(C(F)(F)F)c2)c1. The van der Waals surface area contributed by atoms with Crippen LogP contribution < -0.4 is 15.2 Å². The number of hydrogen-bond donors (Lipinski definition) is 2. The summed E-state index contributed by atoms with van der Waals surface area (Å²) in [6.07, 6.45) is -3.89. The lowest BCUT2D eigenvalue weighted by Gasteiger charge is -2.44. The molecule has 0 aliphatic carbocycles. The largest absolute Gasteiger partial charge is 0.478 e. The molecule has 2 N–H and O–H groups in total. The Morgan fingerprint density at radius 3 is 2.49 bits per heavy atom. The number of benzene rings is 2. The fourth-order valence-corrected chi connectivity index (χ4v) is 6.27. The molecule has 0 radical (unpaired) electrons. The second-order valence-electron chi connectivity index (χ2n) is 9.27. The van der Waals surface area contributed by atoms with Gasteiger partial charge in [0.25, 0.3) is 15.6 Å². The number of aromatic carboxylic acids is 1. The molecule has 5 rings (SSSR count). The molecule has 12 heteroatoms. The summed E-state index contributed by atoms with van der Waals surface area (Å²) in [5, 5.41) is 9.47. The lowest BCUT2D eigenvalue weighted by atomic mass is 9.83. The van der Waals surface area contributed by atoms with Crippen LogP contribution in [0.2, 0.25) is 0 Å². The molecular formula is C25H22F3N3O5S. The Kier molecular flexibility index (Phi) is 6.01. The van der Waals surface area contributed by atoms with E-state index in [1.54, 1.807) is 10.6 Å². The van der Waals surface area contributed by atoms with Gasteiger partial charge in [0.1, 0.15) is 0 Å². The molecule has 0 amide bonds. The van der Waals surface area contributed by atoms with Crippen LogP contribution in [0.15, 0.2) is 70.4 Å². The third kappa shape index (κ3) is 4.80. The Morgan fingerprint density at radius 1 is 1.00 bits per heavy atom. The van der Waals surface area contributed by atoms with Crippen LogP contribution in [-0.2, 0) is 22.7 Å². The van der Waals surface area contributed by atoms with Crippen molar-refractivity contribution in [3.8, 4) is 0 Å². The molecule has 0 unspecified atom stereocenters. The first kappa shape index (κ1) is 24.9. The van der Waals surface area contributed by atoms with E-state index in [1.807, 2.05) is 11.0 Å². The van der Waals surface area contributed by atoms with Crippen LogP contribution >= 0.6 is 0 Å². The highest BCUT2D eigenvalue weighted by molar-refractivity contribution is 7.92. The highest BCUT2D eigenvalue weighted by Gasteiger charge is 2.36. The number of piperidine rings is 1. The molecule has 0 spiro atoms. The second-order valence-corrected chi connectivity index (χ2v) is 11.0. The molecule has 194 valence electrons. The quantitative estimate of drug-likeness (QED) is 0.514. The molecule has 8 nitrogen and oxygen atoms in total. The number of carboxylic acid groups (broad SMARTS) is 1. The number of halogens is 3. The molecule has 2 bridgehead atoms. The van der Waals surface area contributed by atoms with E-state index in [9.17, 15) is 36.3 Å². The van der Waals surface area contributed by atoms with Crippen molar-refractivity contribution in [3.63, 3.8) is 0 Å². The molecule has 1 saturated heterocycles. The molecule has 2 aliphatic rings. The Bertz CT molecular complexity index is 1550. The Hall–Kier alpha value is -3.80. The van der Waals surface area contributed by atoms with E-state index in [4.69, 9.17) is 0 Å². The number of sulfonamides is 1. The minimum atomic E-state index is -4.73. The maximum Gasteiger partial charge on any atom is 0.416 e. The topological polar surface area (TPSA) is 109 Å². The monoisotopic (exact) mass is 533 g/mol. The van der Waals surface area contributed by atoms with Gasteiger partial charge in [0, 0.05) is 37.3 Å². The average molecular weight is 534 g/mol. The predicted molar refractivity (Wildman–Crippen MR) is 129 cm³/mol. The summed E-state index contributed by atoms with van der Waals surface area (Å²) < 4.78 is 69.8. The number of alkyl halides is 3. The summed E-state index contributed by atoms with van der Waals surface area (Å²) in [6.45, 7) is 1.44. The summed E-state index contributed by atoms with van der Waals surface area (Å²) in [7, 11) is -4.49. The Balaban J connectivity index is 1.52. The summed E-state index contributed by atoms with van der Waals surface area (Å²) >= 11 is 0. The number of anilines is 2. The lowest BCUT2D eigenvalue weighted by Crippen LogP contribution is -2.47. The van der Waals surface area contributed by atoms with E-state index in [-0.39, 0.29) is 28.6 Å². The van der Waals surface area contributed by atoms with Crippen molar-refractivity contribution in [2.75, 3.05) is 22.7 Å². The summed E-state index contributed by atoms with van der Waals surface area (Å²) in [5.74, 6) is -1.19. The normalized spacial score (nSPS) is 19.3. The standard InChI is InChI=1S/C25H22F3N3O5S/c26-25(27,28)18-3-1-4-19(11-18)37(35,36)29-20-10-16(24(33)34)7-8-22(20)30-12-15-9-17(14-30)21-5-2-6-23(32)31(21)13-15/h1-8,10-11,15,17,29H,9,12-14H2,(H,33,34)/t15-,17+/m1/s1. The smallest absolute Gasteiger partial charge is 0.416 e. The number of aromatic nitrogens is 1. The van der Waals surface area contributed by atoms with Crippen molar-refractivity contribution in [3.05, 3.63) is 87.8 Å². The van der Waals surface area contributed by atoms with Crippen molar-refractivity contribution in [2.24, 2.45) is 5.92 Å². The minimum Gasteiger partial charge on any atom is -0.478 e. The molecule has 37 heavy (non-hydrogen) atoms. The highest BCUT2D eigenvalue weighted by Crippen LogP contribution is 2.40. The molecule has 2 atom stereocenters. The van der Waals surface area contributed by atoms with Gasteiger partial charge in [-0.3, -0.25) is 9.52 Å². The Morgan fingerprint density at radius 2 is 1.76 bits per heavy atom. The van der Waals surface area contributed by atoms with Gasteiger partial charge in [-0.2, -0.15) is 13.2 Å². The summed E-state index contributed by atoms with van der Waals surface area (Å²) in [5.41, 5.74) is -0.153. The molecule has 0 saturated carbocycles. The molecule has 1 aromatic heterocycles. The van der Waals surface area contributed by atoms with E-state index in [0.29, 0.717) is 31.4 Å². The number of rotatable bonds is 5. The van der Waals surface area contributed by atoms with Gasteiger partial charge >= 0.3 is 12.1 Å². The van der Waals surface area contributed by atoms with Gasteiger partial charge in [-0.05, 0) is 54.8 Å². The van der Waals surface area contributed by atoms with Gasteiger partial charge in [0.15, 0.2) is 0 Å². The maximum absolute atomic E-state index is 13.2. The number of nitrogens with one attached hydrogen (secondary N) is 1. The molecule has 1 fully saturated rings. The van der Waals surface area contributed by atoms with Crippen LogP contribution in [0.25, 0.3) is 0 Å². The number of carboxylic acids is 1. The fourth-order valence-electron chi connectivity index (χ4n) is 5.16. The third-order valence-electron chi connectivity index (χ3n) is 6.78. The van der Waals surface area contributed by atoms with Crippen LogP contribution in [0.3, 0.4) is 0 Å². The van der Waals surface area contributed by atoms with E-state index < -0.39 is 32.6 Å². The van der Waals surface area contributed by atoms with Gasteiger partial charge in [-0.1, -0.05) is 12.1 Å². The predicted octanol–water partition coefficient (Wildman–Crippen LogP) is 3.99. The Labute approximate surface area is 210 Å². The number of pyridine rings is 1. The zero-order chi connectivity index (χ0) is 26.5. The van der Waals surface area contributed by atoms with Crippen LogP contribution in [-0.4, -0.2) is 37.2 Å². The zero-order valence-corrected chi connectivity index (χ0v) is 20.1. The van der Waals surface area contributed by atoms with Crippen LogP contribution in [0.5, 0.6) is 0 Å². The molecule has 2 aromatic carbocycles. The first-order valence-corrected chi connectivity index (χ1v) is 12.9. The van der Waals surface area contributed by atoms with Crippen LogP contribution in [0, 0.1) is 5.92 Å². The van der Waals surface area contributed by atoms with Crippen molar-refractivity contribution in [2.45, 2.75) is 30.0 Å². The van der Waals surface area contributed by atoms with E-state index >= 15 is 0 Å². The lowest BCUT2D eigenvalue weighted by molar-refractivity contribution is -0.137. The van der Waals surface area contributed by atoms with Gasteiger partial charge in [-0.25, -0.2) is 13.2 Å². The van der Waals surface area contributed by atoms with Gasteiger partial charge in [0.05, 0.1) is 27.4 Å². The average Bonchev–Trinajstić information content (AvgIpc) is 2.84. The first-order valence-electron chi connectivity index (χ1n) is 11.4. The van der Waals surface area contributed by atoms with Crippen LogP contribution in [0.1, 0.15) is 34.0 Å². The molecule has 3 aromatic rings. The number of carbonyl (C=O) groups is 1. The van der Waals surface area contributed by atoms with E-state index in [1.165, 1.54) is 18.2 Å². The molecular weight excluding hydrogens is 511 g/mol. The second kappa shape index (κ2) is 8.94. The van der Waals surface area contributed by atoms with E-state index in [0.717, 1.165) is 36.4 Å². The summed E-state index contributed by atoms with van der Waals surface area (Å²) in [6, 6.07) is 12.4. The highest BCUT2D eigenvalue weighted by atomic mass is 32.2. The number of fused-ring (bicyclic) bond motifs is 4. The number of hydrogen-bond acceptors (Lipinski definition) is 5. The minimum absolute atomic E-state index is 0.00604. The molecule has 3 heterocycles. The van der Waals surface area contributed by atoms with E-state index in [2.05, 4.69) is 4.72 Å². The van der Waals surface area contributed by atoms with Crippen LogP contribution in [0.4, 0.5) is 24.5 Å². The van der Waals surface area contributed by atoms with Gasteiger partial charge in [-0.15, -0.1) is 0 Å². The fraction of sp³-hybridized carbons (Fsp3) is 0.280. The van der Waals surface area contributed by atoms with Gasteiger partial charge < -0.3 is 14.6 Å². The van der Waals surface area contributed by atoms with Gasteiger partial charge in [0.2, 0.25) is 0 Å². The first-order chi connectivity index (χ1) is 17.4. The third-order valence-corrected chi connectivity index (χ3v) is 8.14. The van der Waals surface area contributed by atoms with Crippen molar-refractivity contribution in [1.82, 2.24) is 4.57 Å². The van der Waals surface area contributed by atoms with Crippen molar-refractivity contribution < 1.29 is 31.5 Å². The maximum atomic E-state index is 13.2. The summed E-state index contributed by atoms with van der Waals surface area (Å²) in [4.78, 5) is 25.3. The number of nitrogens with zero attached hydrogens (tertiary/aromatic N) is 2. The van der Waals surface area contributed by atoms with Crippen molar-refractivity contribution >= 4 is 27.4 Å². The zero-order valence-electron chi connectivity index (χ0n) is 19.3. The molecule has 2 aliphatic heterocycles. The van der Waals surface area contributed by atoms with Crippen molar-refractivity contribution in [1.29, 1.82) is 0 Å².